The van der Waals surface area contributed by atoms with Crippen LogP contribution in [0.3, 0.4) is 0 Å². The number of amides is 1. The number of carbonyl (C=O) groups excluding carboxylic acids is 1. The highest BCUT2D eigenvalue weighted by atomic mass is 32.1. The fourth-order valence-electron chi connectivity index (χ4n) is 3.29. The zero-order valence-electron chi connectivity index (χ0n) is 17.2. The Morgan fingerprint density at radius 1 is 0.857 bits per heavy atom. The van der Waals surface area contributed by atoms with E-state index >= 15 is 0 Å². The van der Waals surface area contributed by atoms with Crippen molar-refractivity contribution in [2.45, 2.75) is 18.9 Å². The molecule has 4 aromatic rings. The van der Waals surface area contributed by atoms with Crippen LogP contribution in [-0.4, -0.2) is 10.9 Å². The third kappa shape index (κ3) is 5.26. The lowest BCUT2D eigenvalue weighted by Gasteiger charge is -2.21. The fraction of sp³-hybridized carbons (Fsp3) is 0.130. The summed E-state index contributed by atoms with van der Waals surface area (Å²) in [6.07, 6.45) is -10.3. The van der Waals surface area contributed by atoms with Crippen LogP contribution in [0, 0.1) is 11.6 Å². The molecule has 0 aliphatic carbocycles. The fourth-order valence-corrected chi connectivity index (χ4v) is 4.29. The summed E-state index contributed by atoms with van der Waals surface area (Å²) < 4.78 is 108. The van der Waals surface area contributed by atoms with E-state index in [2.05, 4.69) is 4.98 Å². The van der Waals surface area contributed by atoms with Gasteiger partial charge in [-0.15, -0.1) is 0 Å². The first-order valence-electron chi connectivity index (χ1n) is 9.74. The molecule has 0 aliphatic rings. The molecule has 0 aliphatic heterocycles. The van der Waals surface area contributed by atoms with Crippen LogP contribution in [0.25, 0.3) is 10.2 Å². The topological polar surface area (TPSA) is 33.2 Å². The number of anilines is 1. The third-order valence-electron chi connectivity index (χ3n) is 4.90. The Balaban J connectivity index is 1.87. The molecule has 182 valence electrons. The number of aromatic nitrogens is 1. The Bertz CT molecular complexity index is 1360. The average Bonchev–Trinajstić information content (AvgIpc) is 3.20. The summed E-state index contributed by atoms with van der Waals surface area (Å²) in [4.78, 5) is 18.1. The summed E-state index contributed by atoms with van der Waals surface area (Å²) in [6, 6.07) is 10.1. The van der Waals surface area contributed by atoms with Gasteiger partial charge in [0.15, 0.2) is 10.9 Å². The smallest absolute Gasteiger partial charge is 0.279 e. The molecule has 1 heterocycles. The first-order valence-corrected chi connectivity index (χ1v) is 10.6. The Labute approximate surface area is 196 Å². The van der Waals surface area contributed by atoms with Crippen molar-refractivity contribution in [3.8, 4) is 0 Å². The number of nitrogens with zero attached hydrogens (tertiary/aromatic N) is 2. The van der Waals surface area contributed by atoms with Crippen LogP contribution >= 0.6 is 11.3 Å². The normalized spacial score (nSPS) is 12.2. The van der Waals surface area contributed by atoms with E-state index in [-0.39, 0.29) is 28.0 Å². The molecule has 0 bridgehead atoms. The molecule has 35 heavy (non-hydrogen) atoms. The second kappa shape index (κ2) is 8.91. The molecule has 0 spiro atoms. The Kier molecular flexibility index (Phi) is 6.26. The molecule has 0 N–H and O–H groups in total. The van der Waals surface area contributed by atoms with Gasteiger partial charge in [-0.2, -0.15) is 26.3 Å². The summed E-state index contributed by atoms with van der Waals surface area (Å²) >= 11 is 0.665. The molecule has 1 amide bonds. The number of halogens is 8. The molecular weight excluding hydrogens is 504 g/mol. The van der Waals surface area contributed by atoms with Crippen molar-refractivity contribution in [2.24, 2.45) is 0 Å². The van der Waals surface area contributed by atoms with Gasteiger partial charge in [-0.05, 0) is 29.8 Å². The highest BCUT2D eigenvalue weighted by Gasteiger charge is 2.38. The first-order chi connectivity index (χ1) is 16.3. The van der Waals surface area contributed by atoms with Gasteiger partial charge in [0.2, 0.25) is 0 Å². The second-order valence-corrected chi connectivity index (χ2v) is 8.41. The van der Waals surface area contributed by atoms with E-state index < -0.39 is 46.6 Å². The predicted octanol–water partition coefficient (Wildman–Crippen LogP) is 7.46. The van der Waals surface area contributed by atoms with Crippen molar-refractivity contribution in [1.82, 2.24) is 4.98 Å². The second-order valence-electron chi connectivity index (χ2n) is 7.40. The molecule has 3 nitrogen and oxygen atoms in total. The molecule has 0 saturated heterocycles. The van der Waals surface area contributed by atoms with Gasteiger partial charge in [-0.25, -0.2) is 13.8 Å². The van der Waals surface area contributed by atoms with Crippen LogP contribution < -0.4 is 4.90 Å². The average molecular weight is 516 g/mol. The lowest BCUT2D eigenvalue weighted by atomic mass is 10.0. The summed E-state index contributed by atoms with van der Waals surface area (Å²) in [6.45, 7) is -0.304. The van der Waals surface area contributed by atoms with Gasteiger partial charge in [0, 0.05) is 11.6 Å². The molecule has 0 atom stereocenters. The minimum Gasteiger partial charge on any atom is -0.279 e. The van der Waals surface area contributed by atoms with Crippen LogP contribution in [0.4, 0.5) is 40.3 Å². The predicted molar refractivity (Wildman–Crippen MR) is 113 cm³/mol. The van der Waals surface area contributed by atoms with Crippen molar-refractivity contribution < 1.29 is 39.9 Å². The quantitative estimate of drug-likeness (QED) is 0.264. The van der Waals surface area contributed by atoms with E-state index in [0.29, 0.717) is 35.1 Å². The Morgan fingerprint density at radius 3 is 2.03 bits per heavy atom. The summed E-state index contributed by atoms with van der Waals surface area (Å²) in [7, 11) is 0. The Morgan fingerprint density at radius 2 is 1.46 bits per heavy atom. The maximum atomic E-state index is 14.2. The zero-order valence-corrected chi connectivity index (χ0v) is 18.0. The molecule has 0 unspecified atom stereocenters. The molecule has 0 radical (unpaired) electrons. The minimum absolute atomic E-state index is 0.00313. The molecule has 4 rings (SSSR count). The molecule has 0 saturated carbocycles. The van der Waals surface area contributed by atoms with Gasteiger partial charge in [-0.1, -0.05) is 41.7 Å². The number of carbonyl (C=O) groups is 1. The van der Waals surface area contributed by atoms with Crippen molar-refractivity contribution in [3.63, 3.8) is 0 Å². The SMILES string of the molecule is O=C(c1cc(C(F)(F)F)cc(C(F)(F)F)c1)N(Cc1ccccc1)c1nc2c(F)cc(F)cc2s1. The van der Waals surface area contributed by atoms with Gasteiger partial charge >= 0.3 is 12.4 Å². The highest BCUT2D eigenvalue weighted by Crippen LogP contribution is 2.38. The molecular formula is C23H12F8N2OS. The summed E-state index contributed by atoms with van der Waals surface area (Å²) in [5, 5.41) is -0.232. The van der Waals surface area contributed by atoms with Gasteiger partial charge in [0.25, 0.3) is 5.91 Å². The summed E-state index contributed by atoms with van der Waals surface area (Å²) in [5.74, 6) is -3.18. The molecule has 0 fully saturated rings. The van der Waals surface area contributed by atoms with Crippen molar-refractivity contribution >= 4 is 32.6 Å². The van der Waals surface area contributed by atoms with Crippen molar-refractivity contribution in [2.75, 3.05) is 4.90 Å². The van der Waals surface area contributed by atoms with Gasteiger partial charge in [0.05, 0.1) is 22.4 Å². The lowest BCUT2D eigenvalue weighted by molar-refractivity contribution is -0.143. The van der Waals surface area contributed by atoms with Gasteiger partial charge < -0.3 is 0 Å². The third-order valence-corrected chi connectivity index (χ3v) is 5.92. The van der Waals surface area contributed by atoms with E-state index in [4.69, 9.17) is 0 Å². The monoisotopic (exact) mass is 516 g/mol. The summed E-state index contributed by atoms with van der Waals surface area (Å²) in [5.41, 5.74) is -4.04. The molecule has 12 heteroatoms. The van der Waals surface area contributed by atoms with Crippen LogP contribution in [0.2, 0.25) is 0 Å². The lowest BCUT2D eigenvalue weighted by Crippen LogP contribution is -2.31. The zero-order chi connectivity index (χ0) is 25.5. The number of benzene rings is 3. The number of fused-ring (bicyclic) bond motifs is 1. The van der Waals surface area contributed by atoms with E-state index in [1.807, 2.05) is 0 Å². The number of hydrogen-bond acceptors (Lipinski definition) is 3. The van der Waals surface area contributed by atoms with Crippen LogP contribution in [-0.2, 0) is 18.9 Å². The highest BCUT2D eigenvalue weighted by molar-refractivity contribution is 7.22. The number of thiazole rings is 1. The van der Waals surface area contributed by atoms with E-state index in [0.717, 1.165) is 11.0 Å². The van der Waals surface area contributed by atoms with Crippen LogP contribution in [0.5, 0.6) is 0 Å². The van der Waals surface area contributed by atoms with Gasteiger partial charge in [0.1, 0.15) is 11.3 Å². The van der Waals surface area contributed by atoms with E-state index in [1.165, 1.54) is 0 Å². The van der Waals surface area contributed by atoms with Gasteiger partial charge in [-0.3, -0.25) is 9.69 Å². The minimum atomic E-state index is -5.16. The first kappa shape index (κ1) is 24.6. The molecule has 3 aromatic carbocycles. The van der Waals surface area contributed by atoms with Crippen LogP contribution in [0.1, 0.15) is 27.0 Å². The van der Waals surface area contributed by atoms with Crippen molar-refractivity contribution in [1.29, 1.82) is 0 Å². The standard InChI is InChI=1S/C23H12F8N2OS/c24-16-9-17(25)19-18(10-16)35-21(32-19)33(11-12-4-2-1-3-5-12)20(34)13-6-14(22(26,27)28)8-15(7-13)23(29,30)31/h1-10H,11H2. The maximum absolute atomic E-state index is 14.2. The largest absolute Gasteiger partial charge is 0.416 e. The molecule has 1 aromatic heterocycles. The van der Waals surface area contributed by atoms with E-state index in [1.54, 1.807) is 30.3 Å². The number of alkyl halides is 6. The van der Waals surface area contributed by atoms with Crippen LogP contribution in [0.15, 0.2) is 60.7 Å². The maximum Gasteiger partial charge on any atom is 0.416 e. The number of hydrogen-bond donors (Lipinski definition) is 0. The Hall–Kier alpha value is -3.54. The number of rotatable bonds is 4. The van der Waals surface area contributed by atoms with E-state index in [9.17, 15) is 39.9 Å². The van der Waals surface area contributed by atoms with Crippen molar-refractivity contribution in [3.05, 3.63) is 94.6 Å².